The van der Waals surface area contributed by atoms with Crippen LogP contribution in [-0.2, 0) is 16.0 Å². The number of carbonyl (C=O) groups is 1. The number of rotatable bonds is 4. The standard InChI is InChI=1S/C14H15N3O3/c18-14(20-12-6-7-19-10-12)13-9-17(16-15-13)8-11-4-2-1-3-5-11/h1-5,9,12H,6-8,10H2/t12-/m0/s1. The second-order valence-electron chi connectivity index (χ2n) is 4.68. The molecule has 2 heterocycles. The van der Waals surface area contributed by atoms with Gasteiger partial charge in [-0.1, -0.05) is 35.5 Å². The summed E-state index contributed by atoms with van der Waals surface area (Å²) in [6, 6.07) is 9.87. The summed E-state index contributed by atoms with van der Waals surface area (Å²) in [7, 11) is 0. The van der Waals surface area contributed by atoms with Gasteiger partial charge in [0.1, 0.15) is 6.10 Å². The van der Waals surface area contributed by atoms with Crippen molar-refractivity contribution in [3.63, 3.8) is 0 Å². The van der Waals surface area contributed by atoms with Crippen LogP contribution in [0.25, 0.3) is 0 Å². The first-order chi connectivity index (χ1) is 9.81. The summed E-state index contributed by atoms with van der Waals surface area (Å²) < 4.78 is 12.1. The molecule has 6 nitrogen and oxygen atoms in total. The molecule has 0 spiro atoms. The van der Waals surface area contributed by atoms with Gasteiger partial charge in [0.05, 0.1) is 26.0 Å². The molecule has 2 aromatic rings. The molecule has 3 rings (SSSR count). The van der Waals surface area contributed by atoms with Crippen LogP contribution >= 0.6 is 0 Å². The number of carbonyl (C=O) groups excluding carboxylic acids is 1. The summed E-state index contributed by atoms with van der Waals surface area (Å²) >= 11 is 0. The van der Waals surface area contributed by atoms with Gasteiger partial charge in [0.25, 0.3) is 0 Å². The van der Waals surface area contributed by atoms with Crippen LogP contribution < -0.4 is 0 Å². The summed E-state index contributed by atoms with van der Waals surface area (Å²) in [6.07, 6.45) is 2.18. The van der Waals surface area contributed by atoms with E-state index in [1.54, 1.807) is 10.9 Å². The molecule has 0 radical (unpaired) electrons. The Kier molecular flexibility index (Phi) is 3.73. The molecule has 0 bridgehead atoms. The molecule has 1 aromatic carbocycles. The number of nitrogens with zero attached hydrogens (tertiary/aromatic N) is 3. The molecular formula is C14H15N3O3. The first-order valence-electron chi connectivity index (χ1n) is 6.54. The second-order valence-corrected chi connectivity index (χ2v) is 4.68. The monoisotopic (exact) mass is 273 g/mol. The van der Waals surface area contributed by atoms with E-state index in [4.69, 9.17) is 9.47 Å². The fourth-order valence-corrected chi connectivity index (χ4v) is 2.06. The van der Waals surface area contributed by atoms with Gasteiger partial charge in [-0.2, -0.15) is 0 Å². The Labute approximate surface area is 116 Å². The van der Waals surface area contributed by atoms with Crippen LogP contribution in [0.1, 0.15) is 22.5 Å². The molecule has 1 aromatic heterocycles. The zero-order valence-corrected chi connectivity index (χ0v) is 10.9. The summed E-state index contributed by atoms with van der Waals surface area (Å²) in [4.78, 5) is 11.9. The number of aromatic nitrogens is 3. The minimum atomic E-state index is -0.445. The van der Waals surface area contributed by atoms with E-state index < -0.39 is 5.97 Å². The summed E-state index contributed by atoms with van der Waals surface area (Å²) in [6.45, 7) is 1.68. The zero-order valence-electron chi connectivity index (χ0n) is 10.9. The molecule has 104 valence electrons. The topological polar surface area (TPSA) is 66.2 Å². The molecule has 1 atom stereocenters. The first-order valence-corrected chi connectivity index (χ1v) is 6.54. The fraction of sp³-hybridized carbons (Fsp3) is 0.357. The Hall–Kier alpha value is -2.21. The molecule has 0 N–H and O–H groups in total. The van der Waals surface area contributed by atoms with Gasteiger partial charge in [-0.15, -0.1) is 5.10 Å². The van der Waals surface area contributed by atoms with Crippen LogP contribution in [0.4, 0.5) is 0 Å². The molecule has 0 unspecified atom stereocenters. The normalized spacial score (nSPS) is 18.1. The molecular weight excluding hydrogens is 258 g/mol. The average Bonchev–Trinajstić information content (AvgIpc) is 3.11. The predicted octanol–water partition coefficient (Wildman–Crippen LogP) is 1.27. The Balaban J connectivity index is 1.62. The largest absolute Gasteiger partial charge is 0.455 e. The Morgan fingerprint density at radius 3 is 3.00 bits per heavy atom. The van der Waals surface area contributed by atoms with Gasteiger partial charge in [-0.05, 0) is 5.56 Å². The summed E-state index contributed by atoms with van der Waals surface area (Å²) in [5, 5.41) is 7.79. The van der Waals surface area contributed by atoms with Gasteiger partial charge < -0.3 is 9.47 Å². The van der Waals surface area contributed by atoms with Crippen LogP contribution in [-0.4, -0.2) is 40.3 Å². The Bertz CT molecular complexity index is 576. The van der Waals surface area contributed by atoms with Gasteiger partial charge in [-0.3, -0.25) is 0 Å². The van der Waals surface area contributed by atoms with Crippen molar-refractivity contribution in [3.8, 4) is 0 Å². The van der Waals surface area contributed by atoms with Crippen LogP contribution in [0.5, 0.6) is 0 Å². The third-order valence-corrected chi connectivity index (χ3v) is 3.10. The maximum atomic E-state index is 11.9. The molecule has 1 aliphatic rings. The van der Waals surface area contributed by atoms with Crippen molar-refractivity contribution in [2.75, 3.05) is 13.2 Å². The highest BCUT2D eigenvalue weighted by Gasteiger charge is 2.22. The van der Waals surface area contributed by atoms with Crippen molar-refractivity contribution >= 4 is 5.97 Å². The highest BCUT2D eigenvalue weighted by atomic mass is 16.6. The quantitative estimate of drug-likeness (QED) is 0.785. The van der Waals surface area contributed by atoms with Gasteiger partial charge >= 0.3 is 5.97 Å². The minimum absolute atomic E-state index is 0.165. The fourth-order valence-electron chi connectivity index (χ4n) is 2.06. The maximum absolute atomic E-state index is 11.9. The minimum Gasteiger partial charge on any atom is -0.455 e. The molecule has 1 fully saturated rings. The number of benzene rings is 1. The van der Waals surface area contributed by atoms with Crippen molar-refractivity contribution in [2.24, 2.45) is 0 Å². The van der Waals surface area contributed by atoms with Gasteiger partial charge in [-0.25, -0.2) is 9.48 Å². The van der Waals surface area contributed by atoms with Crippen LogP contribution in [0.3, 0.4) is 0 Å². The Morgan fingerprint density at radius 1 is 1.40 bits per heavy atom. The molecule has 1 saturated heterocycles. The van der Waals surface area contributed by atoms with Crippen LogP contribution in [0.15, 0.2) is 36.5 Å². The van der Waals surface area contributed by atoms with E-state index in [0.29, 0.717) is 19.8 Å². The smallest absolute Gasteiger partial charge is 0.360 e. The van der Waals surface area contributed by atoms with Crippen LogP contribution in [0, 0.1) is 0 Å². The molecule has 6 heteroatoms. The Morgan fingerprint density at radius 2 is 2.25 bits per heavy atom. The molecule has 1 aliphatic heterocycles. The van der Waals surface area contributed by atoms with Crippen LogP contribution in [0.2, 0.25) is 0 Å². The summed E-state index contributed by atoms with van der Waals surface area (Å²) in [5.74, 6) is -0.445. The van der Waals surface area contributed by atoms with Crippen molar-refractivity contribution < 1.29 is 14.3 Å². The van der Waals surface area contributed by atoms with E-state index in [0.717, 1.165) is 12.0 Å². The lowest BCUT2D eigenvalue weighted by atomic mass is 10.2. The summed E-state index contributed by atoms with van der Waals surface area (Å²) in [5.41, 5.74) is 1.33. The van der Waals surface area contributed by atoms with Crippen molar-refractivity contribution in [2.45, 2.75) is 19.1 Å². The third-order valence-electron chi connectivity index (χ3n) is 3.10. The van der Waals surface area contributed by atoms with E-state index >= 15 is 0 Å². The second kappa shape index (κ2) is 5.83. The average molecular weight is 273 g/mol. The van der Waals surface area contributed by atoms with E-state index in [1.165, 1.54) is 0 Å². The molecule has 20 heavy (non-hydrogen) atoms. The van der Waals surface area contributed by atoms with Gasteiger partial charge in [0.2, 0.25) is 0 Å². The highest BCUT2D eigenvalue weighted by Crippen LogP contribution is 2.11. The van der Waals surface area contributed by atoms with Gasteiger partial charge in [0, 0.05) is 6.42 Å². The molecule has 0 amide bonds. The molecule has 0 saturated carbocycles. The van der Waals surface area contributed by atoms with Crippen molar-refractivity contribution in [1.82, 2.24) is 15.0 Å². The zero-order chi connectivity index (χ0) is 13.8. The third kappa shape index (κ3) is 3.03. The number of ether oxygens (including phenoxy) is 2. The number of hydrogen-bond donors (Lipinski definition) is 0. The first kappa shape index (κ1) is 12.8. The maximum Gasteiger partial charge on any atom is 0.360 e. The SMILES string of the molecule is O=C(O[C@H]1CCOC1)c1cn(Cc2ccccc2)nn1. The van der Waals surface area contributed by atoms with Gasteiger partial charge in [0.15, 0.2) is 5.69 Å². The van der Waals surface area contributed by atoms with Crippen molar-refractivity contribution in [3.05, 3.63) is 47.8 Å². The van der Waals surface area contributed by atoms with E-state index in [1.807, 2.05) is 30.3 Å². The van der Waals surface area contributed by atoms with Crippen molar-refractivity contribution in [1.29, 1.82) is 0 Å². The lowest BCUT2D eigenvalue weighted by Crippen LogP contribution is -2.18. The lowest BCUT2D eigenvalue weighted by Gasteiger charge is -2.07. The number of hydrogen-bond acceptors (Lipinski definition) is 5. The number of esters is 1. The molecule has 0 aliphatic carbocycles. The predicted molar refractivity (Wildman–Crippen MR) is 70.2 cm³/mol. The van der Waals surface area contributed by atoms with E-state index in [9.17, 15) is 4.79 Å². The lowest BCUT2D eigenvalue weighted by molar-refractivity contribution is 0.0264. The van der Waals surface area contributed by atoms with E-state index in [-0.39, 0.29) is 11.8 Å². The van der Waals surface area contributed by atoms with E-state index in [2.05, 4.69) is 10.3 Å². The highest BCUT2D eigenvalue weighted by molar-refractivity contribution is 5.86.